The number of anilines is 1. The van der Waals surface area contributed by atoms with E-state index in [1.165, 1.54) is 19.2 Å². The summed E-state index contributed by atoms with van der Waals surface area (Å²) in [6.45, 7) is 2.78. The van der Waals surface area contributed by atoms with Crippen molar-refractivity contribution in [1.82, 2.24) is 0 Å². The largest absolute Gasteiger partial charge is 0.465 e. The Hall–Kier alpha value is -2.11. The van der Waals surface area contributed by atoms with Gasteiger partial charge in [-0.3, -0.25) is 10.1 Å². The van der Waals surface area contributed by atoms with Crippen LogP contribution in [0.5, 0.6) is 0 Å². The fraction of sp³-hybridized carbons (Fsp3) is 0.500. The quantitative estimate of drug-likeness (QED) is 0.454. The monoisotopic (exact) mass is 278 g/mol. The zero-order valence-corrected chi connectivity index (χ0v) is 11.7. The Morgan fingerprint density at radius 1 is 1.50 bits per heavy atom. The molecule has 2 rings (SSSR count). The molecule has 0 amide bonds. The van der Waals surface area contributed by atoms with E-state index in [1.54, 1.807) is 6.07 Å². The summed E-state index contributed by atoms with van der Waals surface area (Å²) >= 11 is 0. The van der Waals surface area contributed by atoms with Crippen LogP contribution >= 0.6 is 0 Å². The van der Waals surface area contributed by atoms with Crippen molar-refractivity contribution >= 4 is 17.3 Å². The summed E-state index contributed by atoms with van der Waals surface area (Å²) in [6, 6.07) is 4.73. The normalized spacial score (nSPS) is 13.9. The van der Waals surface area contributed by atoms with E-state index in [4.69, 9.17) is 0 Å². The third-order valence-electron chi connectivity index (χ3n) is 3.35. The summed E-state index contributed by atoms with van der Waals surface area (Å²) in [7, 11) is 1.30. The minimum atomic E-state index is -0.478. The molecule has 0 N–H and O–H groups in total. The zero-order chi connectivity index (χ0) is 14.7. The summed E-state index contributed by atoms with van der Waals surface area (Å²) in [5, 5.41) is 11.2. The van der Waals surface area contributed by atoms with E-state index >= 15 is 0 Å². The third kappa shape index (κ3) is 2.89. The third-order valence-corrected chi connectivity index (χ3v) is 3.35. The molecular weight excluding hydrogens is 260 g/mol. The van der Waals surface area contributed by atoms with E-state index in [0.717, 1.165) is 25.8 Å². The van der Waals surface area contributed by atoms with Crippen molar-refractivity contribution in [3.05, 3.63) is 33.9 Å². The highest BCUT2D eigenvalue weighted by Crippen LogP contribution is 2.37. The van der Waals surface area contributed by atoms with Gasteiger partial charge in [-0.05, 0) is 31.4 Å². The van der Waals surface area contributed by atoms with Gasteiger partial charge >= 0.3 is 5.97 Å². The number of esters is 1. The molecule has 1 aromatic carbocycles. The summed E-state index contributed by atoms with van der Waals surface area (Å²) < 4.78 is 4.68. The Bertz CT molecular complexity index is 526. The summed E-state index contributed by atoms with van der Waals surface area (Å²) in [4.78, 5) is 24.4. The summed E-state index contributed by atoms with van der Waals surface area (Å²) in [6.07, 6.45) is 2.98. The number of benzene rings is 1. The van der Waals surface area contributed by atoms with Crippen LogP contribution in [0.25, 0.3) is 0 Å². The van der Waals surface area contributed by atoms with Crippen molar-refractivity contribution in [3.8, 4) is 0 Å². The second-order valence-electron chi connectivity index (χ2n) is 4.88. The molecule has 0 unspecified atom stereocenters. The van der Waals surface area contributed by atoms with Crippen molar-refractivity contribution in [3.63, 3.8) is 0 Å². The van der Waals surface area contributed by atoms with Crippen LogP contribution < -0.4 is 4.90 Å². The van der Waals surface area contributed by atoms with Gasteiger partial charge in [0.25, 0.3) is 5.69 Å². The zero-order valence-electron chi connectivity index (χ0n) is 11.7. The highest BCUT2D eigenvalue weighted by molar-refractivity contribution is 5.91. The number of hydrogen-bond donors (Lipinski definition) is 0. The van der Waals surface area contributed by atoms with Gasteiger partial charge in [0, 0.05) is 18.7 Å². The predicted molar refractivity (Wildman–Crippen MR) is 75.1 cm³/mol. The van der Waals surface area contributed by atoms with Crippen LogP contribution in [0.15, 0.2) is 18.2 Å². The lowest BCUT2D eigenvalue weighted by atomic mass is 10.1. The molecule has 0 heterocycles. The number of nitrogens with zero attached hydrogens (tertiary/aromatic N) is 2. The first-order valence-corrected chi connectivity index (χ1v) is 6.71. The first kappa shape index (κ1) is 14.3. The number of carbonyl (C=O) groups excluding carboxylic acids is 1. The Labute approximate surface area is 117 Å². The molecule has 108 valence electrons. The average Bonchev–Trinajstić information content (AvgIpc) is 3.27. The second kappa shape index (κ2) is 5.90. The van der Waals surface area contributed by atoms with Gasteiger partial charge < -0.3 is 9.64 Å². The molecule has 6 heteroatoms. The van der Waals surface area contributed by atoms with Crippen molar-refractivity contribution in [1.29, 1.82) is 0 Å². The van der Waals surface area contributed by atoms with Gasteiger partial charge in [-0.25, -0.2) is 4.79 Å². The smallest absolute Gasteiger partial charge is 0.337 e. The molecule has 0 bridgehead atoms. The van der Waals surface area contributed by atoms with Crippen LogP contribution in [0.4, 0.5) is 11.4 Å². The molecule has 6 nitrogen and oxygen atoms in total. The number of ether oxygens (including phenoxy) is 1. The fourth-order valence-corrected chi connectivity index (χ4v) is 2.28. The molecule has 0 saturated heterocycles. The van der Waals surface area contributed by atoms with E-state index in [9.17, 15) is 14.9 Å². The van der Waals surface area contributed by atoms with E-state index in [0.29, 0.717) is 17.3 Å². The number of rotatable bonds is 6. The maximum Gasteiger partial charge on any atom is 0.337 e. The maximum absolute atomic E-state index is 11.6. The minimum absolute atomic E-state index is 0.0398. The Balaban J connectivity index is 2.44. The number of carbonyl (C=O) groups is 1. The molecule has 0 aromatic heterocycles. The van der Waals surface area contributed by atoms with E-state index < -0.39 is 10.9 Å². The van der Waals surface area contributed by atoms with Crippen LogP contribution in [0.2, 0.25) is 0 Å². The highest BCUT2D eigenvalue weighted by atomic mass is 16.6. The minimum Gasteiger partial charge on any atom is -0.465 e. The molecule has 0 spiro atoms. The molecule has 1 aliphatic rings. The van der Waals surface area contributed by atoms with Gasteiger partial charge in [0.15, 0.2) is 0 Å². The van der Waals surface area contributed by atoms with Crippen LogP contribution in [-0.4, -0.2) is 30.6 Å². The van der Waals surface area contributed by atoms with E-state index in [2.05, 4.69) is 4.74 Å². The second-order valence-corrected chi connectivity index (χ2v) is 4.88. The molecule has 1 aliphatic carbocycles. The van der Waals surface area contributed by atoms with Gasteiger partial charge in [-0.2, -0.15) is 0 Å². The van der Waals surface area contributed by atoms with Gasteiger partial charge in [0.05, 0.1) is 17.6 Å². The first-order valence-electron chi connectivity index (χ1n) is 6.71. The lowest BCUT2D eigenvalue weighted by Crippen LogP contribution is -2.27. The molecule has 0 atom stereocenters. The molecule has 0 radical (unpaired) electrons. The van der Waals surface area contributed by atoms with Crippen molar-refractivity contribution < 1.29 is 14.5 Å². The topological polar surface area (TPSA) is 72.7 Å². The molecule has 1 saturated carbocycles. The highest BCUT2D eigenvalue weighted by Gasteiger charge is 2.33. The Kier molecular flexibility index (Phi) is 4.22. The summed E-state index contributed by atoms with van der Waals surface area (Å²) in [5.41, 5.74) is 0.898. The molecule has 0 aliphatic heterocycles. The van der Waals surface area contributed by atoms with Crippen LogP contribution in [0.3, 0.4) is 0 Å². The van der Waals surface area contributed by atoms with E-state index in [1.807, 2.05) is 11.8 Å². The molecular formula is C14H18N2O4. The van der Waals surface area contributed by atoms with Gasteiger partial charge in [0.1, 0.15) is 5.69 Å². The van der Waals surface area contributed by atoms with Crippen molar-refractivity contribution in [2.45, 2.75) is 32.2 Å². The van der Waals surface area contributed by atoms with Crippen LogP contribution in [0.1, 0.15) is 36.5 Å². The van der Waals surface area contributed by atoms with Gasteiger partial charge in [-0.1, -0.05) is 6.92 Å². The summed E-state index contributed by atoms with van der Waals surface area (Å²) in [5.74, 6) is -0.478. The van der Waals surface area contributed by atoms with Crippen molar-refractivity contribution in [2.24, 2.45) is 0 Å². The number of methoxy groups -OCH3 is 1. The first-order chi connectivity index (χ1) is 9.58. The maximum atomic E-state index is 11.6. The molecule has 1 fully saturated rings. The number of nitro groups is 1. The standard InChI is InChI=1S/C14H18N2O4/c1-3-8-15(11-5-6-11)13-9-10(14(17)20-2)4-7-12(13)16(18)19/h4,7,9,11H,3,5-6,8H2,1-2H3. The van der Waals surface area contributed by atoms with Gasteiger partial charge in [0.2, 0.25) is 0 Å². The SMILES string of the molecule is CCCN(c1cc(C(=O)OC)ccc1[N+](=O)[O-])C1CC1. The van der Waals surface area contributed by atoms with Crippen LogP contribution in [-0.2, 0) is 4.74 Å². The lowest BCUT2D eigenvalue weighted by molar-refractivity contribution is -0.384. The average molecular weight is 278 g/mol. The van der Waals surface area contributed by atoms with Gasteiger partial charge in [-0.15, -0.1) is 0 Å². The van der Waals surface area contributed by atoms with E-state index in [-0.39, 0.29) is 5.69 Å². The van der Waals surface area contributed by atoms with Crippen LogP contribution in [0, 0.1) is 10.1 Å². The Morgan fingerprint density at radius 3 is 2.70 bits per heavy atom. The molecule has 1 aromatic rings. The molecule has 20 heavy (non-hydrogen) atoms. The Morgan fingerprint density at radius 2 is 2.20 bits per heavy atom. The predicted octanol–water partition coefficient (Wildman–Crippen LogP) is 2.76. The fourth-order valence-electron chi connectivity index (χ4n) is 2.28. The lowest BCUT2D eigenvalue weighted by Gasteiger charge is -2.24. The number of nitro benzene ring substituents is 1. The van der Waals surface area contributed by atoms with Crippen molar-refractivity contribution in [2.75, 3.05) is 18.6 Å². The number of hydrogen-bond acceptors (Lipinski definition) is 5.